The van der Waals surface area contributed by atoms with Gasteiger partial charge in [0.05, 0.1) is 11.3 Å². The molecule has 3 N–H and O–H groups in total. The van der Waals surface area contributed by atoms with Crippen molar-refractivity contribution in [3.05, 3.63) is 41.5 Å². The van der Waals surface area contributed by atoms with Gasteiger partial charge in [0.2, 0.25) is 0 Å². The van der Waals surface area contributed by atoms with Gasteiger partial charge in [-0.2, -0.15) is 0 Å². The lowest BCUT2D eigenvalue weighted by atomic mass is 9.94. The highest BCUT2D eigenvalue weighted by Crippen LogP contribution is 2.19. The van der Waals surface area contributed by atoms with Crippen molar-refractivity contribution in [1.29, 1.82) is 0 Å². The van der Waals surface area contributed by atoms with Crippen LogP contribution in [0, 0.1) is 17.6 Å². The summed E-state index contributed by atoms with van der Waals surface area (Å²) in [6.07, 6.45) is 7.10. The van der Waals surface area contributed by atoms with Crippen LogP contribution in [0.1, 0.15) is 29.6 Å². The van der Waals surface area contributed by atoms with Crippen LogP contribution in [0.15, 0.2) is 24.3 Å². The van der Waals surface area contributed by atoms with Crippen molar-refractivity contribution in [2.24, 2.45) is 5.92 Å². The van der Waals surface area contributed by atoms with Crippen molar-refractivity contribution in [2.45, 2.75) is 19.3 Å². The summed E-state index contributed by atoms with van der Waals surface area (Å²) in [5.41, 5.74) is 4.89. The lowest BCUT2D eigenvalue weighted by molar-refractivity contribution is 0.0942. The number of hydrogen-bond donors (Lipinski definition) is 2. The number of hydrogen-bond acceptors (Lipinski definition) is 2. The highest BCUT2D eigenvalue weighted by atomic mass is 19.1. The second-order valence-electron chi connectivity index (χ2n) is 4.71. The molecule has 19 heavy (non-hydrogen) atoms. The van der Waals surface area contributed by atoms with Gasteiger partial charge in [-0.25, -0.2) is 8.78 Å². The number of nitrogens with one attached hydrogen (secondary N) is 1. The Balaban J connectivity index is 1.99. The summed E-state index contributed by atoms with van der Waals surface area (Å²) in [6.45, 7) is 0.486. The van der Waals surface area contributed by atoms with Gasteiger partial charge in [-0.3, -0.25) is 4.79 Å². The molecule has 5 heteroatoms. The molecule has 0 heterocycles. The third-order valence-electron chi connectivity index (χ3n) is 3.26. The van der Waals surface area contributed by atoms with E-state index in [1.807, 2.05) is 0 Å². The van der Waals surface area contributed by atoms with E-state index in [1.165, 1.54) is 0 Å². The van der Waals surface area contributed by atoms with E-state index in [2.05, 4.69) is 17.5 Å². The van der Waals surface area contributed by atoms with E-state index in [9.17, 15) is 13.6 Å². The minimum absolute atomic E-state index is 0.217. The number of nitrogen functional groups attached to an aromatic ring is 1. The van der Waals surface area contributed by atoms with Gasteiger partial charge in [0, 0.05) is 12.6 Å². The molecule has 3 nitrogen and oxygen atoms in total. The van der Waals surface area contributed by atoms with Crippen LogP contribution in [0.4, 0.5) is 14.5 Å². The largest absolute Gasteiger partial charge is 0.396 e. The lowest BCUT2D eigenvalue weighted by Crippen LogP contribution is -2.30. The van der Waals surface area contributed by atoms with Crippen molar-refractivity contribution >= 4 is 11.6 Å². The van der Waals surface area contributed by atoms with Crippen molar-refractivity contribution in [3.63, 3.8) is 0 Å². The fourth-order valence-corrected chi connectivity index (χ4v) is 2.11. The standard InChI is InChI=1S/C14H16F2N2O/c15-11-7-12(16)13(17)6-10(11)14(19)18-8-9-4-2-1-3-5-9/h1-2,6-7,9H,3-5,8,17H2,(H,18,19). The first-order chi connectivity index (χ1) is 9.08. The Kier molecular flexibility index (Phi) is 4.14. The molecule has 0 fully saturated rings. The molecule has 1 unspecified atom stereocenters. The van der Waals surface area contributed by atoms with E-state index in [0.29, 0.717) is 18.5 Å². The number of nitrogens with two attached hydrogens (primary N) is 1. The van der Waals surface area contributed by atoms with E-state index in [0.717, 1.165) is 25.3 Å². The van der Waals surface area contributed by atoms with E-state index in [-0.39, 0.29) is 11.3 Å². The number of carbonyl (C=O) groups is 1. The average molecular weight is 266 g/mol. The second kappa shape index (κ2) is 5.82. The molecule has 1 aromatic rings. The Morgan fingerprint density at radius 2 is 2.11 bits per heavy atom. The number of halogens is 2. The maximum atomic E-state index is 13.5. The molecule has 1 amide bonds. The van der Waals surface area contributed by atoms with E-state index < -0.39 is 17.5 Å². The van der Waals surface area contributed by atoms with Gasteiger partial charge < -0.3 is 11.1 Å². The first-order valence-corrected chi connectivity index (χ1v) is 6.25. The minimum Gasteiger partial charge on any atom is -0.396 e. The van der Waals surface area contributed by atoms with Crippen molar-refractivity contribution in [1.82, 2.24) is 5.32 Å². The zero-order valence-electron chi connectivity index (χ0n) is 10.5. The zero-order chi connectivity index (χ0) is 13.8. The maximum absolute atomic E-state index is 13.5. The molecule has 0 saturated carbocycles. The van der Waals surface area contributed by atoms with Crippen LogP contribution in [-0.4, -0.2) is 12.5 Å². The molecular weight excluding hydrogens is 250 g/mol. The van der Waals surface area contributed by atoms with Gasteiger partial charge in [-0.1, -0.05) is 12.2 Å². The van der Waals surface area contributed by atoms with Gasteiger partial charge in [0.15, 0.2) is 0 Å². The molecule has 0 aromatic heterocycles. The van der Waals surface area contributed by atoms with Crippen LogP contribution in [0.25, 0.3) is 0 Å². The van der Waals surface area contributed by atoms with Crippen LogP contribution < -0.4 is 11.1 Å². The van der Waals surface area contributed by atoms with E-state index >= 15 is 0 Å². The third-order valence-corrected chi connectivity index (χ3v) is 3.26. The Morgan fingerprint density at radius 3 is 2.79 bits per heavy atom. The van der Waals surface area contributed by atoms with Gasteiger partial charge in [-0.05, 0) is 31.2 Å². The Bertz CT molecular complexity index is 514. The van der Waals surface area contributed by atoms with E-state index in [1.54, 1.807) is 0 Å². The van der Waals surface area contributed by atoms with Gasteiger partial charge in [0.1, 0.15) is 11.6 Å². The third kappa shape index (κ3) is 3.30. The van der Waals surface area contributed by atoms with Gasteiger partial charge >= 0.3 is 0 Å². The summed E-state index contributed by atoms with van der Waals surface area (Å²) in [5.74, 6) is -1.94. The SMILES string of the molecule is Nc1cc(C(=O)NCC2CC=CCC2)c(F)cc1F. The number of carbonyl (C=O) groups excluding carboxylic acids is 1. The Labute approximate surface area is 110 Å². The summed E-state index contributed by atoms with van der Waals surface area (Å²) < 4.78 is 26.5. The number of rotatable bonds is 3. The topological polar surface area (TPSA) is 55.1 Å². The van der Waals surface area contributed by atoms with Crippen LogP contribution in [-0.2, 0) is 0 Å². The lowest BCUT2D eigenvalue weighted by Gasteiger charge is -2.18. The molecule has 1 atom stereocenters. The van der Waals surface area contributed by atoms with Crippen molar-refractivity contribution < 1.29 is 13.6 Å². The monoisotopic (exact) mass is 266 g/mol. The van der Waals surface area contributed by atoms with Gasteiger partial charge in [-0.15, -0.1) is 0 Å². The predicted octanol–water partition coefficient (Wildman–Crippen LogP) is 2.63. The zero-order valence-corrected chi connectivity index (χ0v) is 10.5. The Morgan fingerprint density at radius 1 is 1.32 bits per heavy atom. The van der Waals surface area contributed by atoms with Crippen LogP contribution in [0.3, 0.4) is 0 Å². The summed E-state index contributed by atoms with van der Waals surface area (Å²) >= 11 is 0. The number of anilines is 1. The first kappa shape index (κ1) is 13.5. The second-order valence-corrected chi connectivity index (χ2v) is 4.71. The predicted molar refractivity (Wildman–Crippen MR) is 69.6 cm³/mol. The Hall–Kier alpha value is -1.91. The average Bonchev–Trinajstić information content (AvgIpc) is 2.41. The van der Waals surface area contributed by atoms with E-state index in [4.69, 9.17) is 5.73 Å². The minimum atomic E-state index is -0.896. The molecule has 2 rings (SSSR count). The quantitative estimate of drug-likeness (QED) is 0.652. The number of allylic oxidation sites excluding steroid dienone is 2. The summed E-state index contributed by atoms with van der Waals surface area (Å²) in [6, 6.07) is 1.66. The smallest absolute Gasteiger partial charge is 0.254 e. The fourth-order valence-electron chi connectivity index (χ4n) is 2.11. The maximum Gasteiger partial charge on any atom is 0.254 e. The molecule has 1 aliphatic rings. The number of benzene rings is 1. The molecule has 0 bridgehead atoms. The van der Waals surface area contributed by atoms with Crippen LogP contribution in [0.2, 0.25) is 0 Å². The van der Waals surface area contributed by atoms with Crippen LogP contribution >= 0.6 is 0 Å². The molecule has 1 aliphatic carbocycles. The van der Waals surface area contributed by atoms with Crippen LogP contribution in [0.5, 0.6) is 0 Å². The highest BCUT2D eigenvalue weighted by molar-refractivity contribution is 5.95. The van der Waals surface area contributed by atoms with Crippen molar-refractivity contribution in [2.75, 3.05) is 12.3 Å². The summed E-state index contributed by atoms with van der Waals surface area (Å²) in [5, 5.41) is 2.67. The molecule has 0 aliphatic heterocycles. The number of amides is 1. The molecule has 0 spiro atoms. The molecule has 1 aromatic carbocycles. The first-order valence-electron chi connectivity index (χ1n) is 6.25. The molecule has 0 radical (unpaired) electrons. The van der Waals surface area contributed by atoms with Crippen molar-refractivity contribution in [3.8, 4) is 0 Å². The summed E-state index contributed by atoms with van der Waals surface area (Å²) in [7, 11) is 0. The van der Waals surface area contributed by atoms with Gasteiger partial charge in [0.25, 0.3) is 5.91 Å². The highest BCUT2D eigenvalue weighted by Gasteiger charge is 2.16. The summed E-state index contributed by atoms with van der Waals surface area (Å²) in [4.78, 5) is 11.8. The molecule has 0 saturated heterocycles. The fraction of sp³-hybridized carbons (Fsp3) is 0.357. The molecular formula is C14H16F2N2O. The normalized spacial score (nSPS) is 18.3. The molecule has 102 valence electrons.